The van der Waals surface area contributed by atoms with Gasteiger partial charge in [0.25, 0.3) is 0 Å². The number of nitrogens with zero attached hydrogens (tertiary/aromatic N) is 1. The number of hydrogen-bond donors (Lipinski definition) is 1. The molecule has 0 radical (unpaired) electrons. The molecule has 4 nitrogen and oxygen atoms in total. The van der Waals surface area contributed by atoms with E-state index >= 15 is 0 Å². The Morgan fingerprint density at radius 2 is 2.11 bits per heavy atom. The highest BCUT2D eigenvalue weighted by Gasteiger charge is 2.26. The van der Waals surface area contributed by atoms with Gasteiger partial charge in [-0.2, -0.15) is 0 Å². The smallest absolute Gasteiger partial charge is 0.179 e. The number of likely N-dealkylation sites (tertiary alicyclic amines) is 1. The number of nitrogens with two attached hydrogens (primary N) is 1. The Labute approximate surface area is 114 Å². The molecule has 1 aliphatic heterocycles. The zero-order valence-electron chi connectivity index (χ0n) is 11.6. The van der Waals surface area contributed by atoms with E-state index in [1.807, 2.05) is 31.2 Å². The second-order valence-corrected chi connectivity index (χ2v) is 5.17. The van der Waals surface area contributed by atoms with E-state index in [0.29, 0.717) is 0 Å². The van der Waals surface area contributed by atoms with Crippen molar-refractivity contribution < 1.29 is 9.53 Å². The lowest BCUT2D eigenvalue weighted by Crippen LogP contribution is -2.49. The zero-order chi connectivity index (χ0) is 13.8. The lowest BCUT2D eigenvalue weighted by atomic mass is 10.00. The van der Waals surface area contributed by atoms with Crippen LogP contribution in [0.3, 0.4) is 0 Å². The number of rotatable bonds is 4. The number of carbonyl (C=O) groups excluding carboxylic acids is 1. The van der Waals surface area contributed by atoms with Gasteiger partial charge in [-0.05, 0) is 50.6 Å². The van der Waals surface area contributed by atoms with E-state index in [1.165, 1.54) is 0 Å². The number of Topliss-reactive ketones (excluding diaryl/α,β-unsaturated/α-hetero) is 1. The van der Waals surface area contributed by atoms with Crippen molar-refractivity contribution in [3.05, 3.63) is 29.8 Å². The summed E-state index contributed by atoms with van der Waals surface area (Å²) in [6, 6.07) is 7.37. The molecule has 0 spiro atoms. The standard InChI is InChI=1S/C15H22N2O2/c1-11(17-9-3-4-13(16)10-17)15(18)12-5-7-14(19-2)8-6-12/h5-8,11,13H,3-4,9-10,16H2,1-2H3. The van der Waals surface area contributed by atoms with Gasteiger partial charge in [-0.3, -0.25) is 9.69 Å². The van der Waals surface area contributed by atoms with E-state index in [4.69, 9.17) is 10.5 Å². The molecule has 0 bridgehead atoms. The summed E-state index contributed by atoms with van der Waals surface area (Å²) >= 11 is 0. The third-order valence-corrected chi connectivity index (χ3v) is 3.79. The molecule has 1 fully saturated rings. The van der Waals surface area contributed by atoms with Gasteiger partial charge in [-0.25, -0.2) is 0 Å². The first-order chi connectivity index (χ1) is 9.11. The number of benzene rings is 1. The van der Waals surface area contributed by atoms with Gasteiger partial charge in [0.15, 0.2) is 5.78 Å². The summed E-state index contributed by atoms with van der Waals surface area (Å²) in [5.41, 5.74) is 6.70. The predicted molar refractivity (Wildman–Crippen MR) is 75.6 cm³/mol. The van der Waals surface area contributed by atoms with Crippen LogP contribution in [0.5, 0.6) is 5.75 Å². The summed E-state index contributed by atoms with van der Waals surface area (Å²) in [4.78, 5) is 14.6. The molecule has 1 aromatic carbocycles. The quantitative estimate of drug-likeness (QED) is 0.839. The molecular weight excluding hydrogens is 240 g/mol. The van der Waals surface area contributed by atoms with Gasteiger partial charge in [-0.1, -0.05) is 0 Å². The van der Waals surface area contributed by atoms with Crippen molar-refractivity contribution in [2.45, 2.75) is 31.8 Å². The average molecular weight is 262 g/mol. The van der Waals surface area contributed by atoms with Gasteiger partial charge in [0.1, 0.15) is 5.75 Å². The number of piperidine rings is 1. The van der Waals surface area contributed by atoms with Gasteiger partial charge < -0.3 is 10.5 Å². The summed E-state index contributed by atoms with van der Waals surface area (Å²) in [5.74, 6) is 0.918. The van der Waals surface area contributed by atoms with E-state index in [2.05, 4.69) is 4.90 Å². The number of hydrogen-bond acceptors (Lipinski definition) is 4. The van der Waals surface area contributed by atoms with Crippen LogP contribution in [0.2, 0.25) is 0 Å². The van der Waals surface area contributed by atoms with Crippen LogP contribution < -0.4 is 10.5 Å². The predicted octanol–water partition coefficient (Wildman–Crippen LogP) is 1.69. The lowest BCUT2D eigenvalue weighted by Gasteiger charge is -2.34. The van der Waals surface area contributed by atoms with Crippen LogP contribution in [0.4, 0.5) is 0 Å². The molecule has 2 N–H and O–H groups in total. The Morgan fingerprint density at radius 1 is 1.42 bits per heavy atom. The largest absolute Gasteiger partial charge is 0.497 e. The van der Waals surface area contributed by atoms with E-state index in [0.717, 1.165) is 37.2 Å². The Bertz CT molecular complexity index is 430. The van der Waals surface area contributed by atoms with Crippen LogP contribution in [0.25, 0.3) is 0 Å². The normalized spacial score (nSPS) is 21.9. The van der Waals surface area contributed by atoms with E-state index < -0.39 is 0 Å². The first kappa shape index (κ1) is 14.0. The van der Waals surface area contributed by atoms with E-state index in [9.17, 15) is 4.79 Å². The maximum Gasteiger partial charge on any atom is 0.179 e. The van der Waals surface area contributed by atoms with Gasteiger partial charge in [0.2, 0.25) is 0 Å². The highest BCUT2D eigenvalue weighted by atomic mass is 16.5. The maximum atomic E-state index is 12.4. The molecule has 0 aliphatic carbocycles. The molecule has 1 saturated heterocycles. The number of ether oxygens (including phenoxy) is 1. The molecule has 0 amide bonds. The fraction of sp³-hybridized carbons (Fsp3) is 0.533. The molecule has 19 heavy (non-hydrogen) atoms. The zero-order valence-corrected chi connectivity index (χ0v) is 11.6. The Balaban J connectivity index is 2.05. The molecule has 104 valence electrons. The Kier molecular flexibility index (Phi) is 4.56. The second-order valence-electron chi connectivity index (χ2n) is 5.17. The first-order valence-electron chi connectivity index (χ1n) is 6.79. The summed E-state index contributed by atoms with van der Waals surface area (Å²) in [6.45, 7) is 3.73. The van der Waals surface area contributed by atoms with Crippen LogP contribution in [-0.4, -0.2) is 43.0 Å². The van der Waals surface area contributed by atoms with Crippen LogP contribution in [-0.2, 0) is 0 Å². The lowest BCUT2D eigenvalue weighted by molar-refractivity contribution is 0.0794. The fourth-order valence-electron chi connectivity index (χ4n) is 2.55. The summed E-state index contributed by atoms with van der Waals surface area (Å²) < 4.78 is 5.10. The van der Waals surface area contributed by atoms with Crippen molar-refractivity contribution >= 4 is 5.78 Å². The molecule has 0 aromatic heterocycles. The van der Waals surface area contributed by atoms with E-state index in [1.54, 1.807) is 7.11 Å². The van der Waals surface area contributed by atoms with Crippen LogP contribution in [0.15, 0.2) is 24.3 Å². The van der Waals surface area contributed by atoms with Crippen molar-refractivity contribution in [3.8, 4) is 5.75 Å². The van der Waals surface area contributed by atoms with E-state index in [-0.39, 0.29) is 17.9 Å². The third kappa shape index (κ3) is 3.33. The van der Waals surface area contributed by atoms with Crippen molar-refractivity contribution in [1.82, 2.24) is 4.90 Å². The molecule has 2 atom stereocenters. The number of methoxy groups -OCH3 is 1. The molecular formula is C15H22N2O2. The van der Waals surface area contributed by atoms with Crippen molar-refractivity contribution in [2.24, 2.45) is 5.73 Å². The number of ketones is 1. The van der Waals surface area contributed by atoms with Crippen LogP contribution in [0, 0.1) is 0 Å². The number of carbonyl (C=O) groups is 1. The molecule has 0 saturated carbocycles. The Hall–Kier alpha value is -1.39. The van der Waals surface area contributed by atoms with Gasteiger partial charge in [-0.15, -0.1) is 0 Å². The monoisotopic (exact) mass is 262 g/mol. The topological polar surface area (TPSA) is 55.6 Å². The third-order valence-electron chi connectivity index (χ3n) is 3.79. The molecule has 1 heterocycles. The summed E-state index contributed by atoms with van der Waals surface area (Å²) in [7, 11) is 1.62. The molecule has 2 rings (SSSR count). The molecule has 4 heteroatoms. The summed E-state index contributed by atoms with van der Waals surface area (Å²) in [6.07, 6.45) is 2.13. The molecule has 2 unspecified atom stereocenters. The SMILES string of the molecule is COc1ccc(C(=O)C(C)N2CCCC(N)C2)cc1. The van der Waals surface area contributed by atoms with Crippen molar-refractivity contribution in [3.63, 3.8) is 0 Å². The second kappa shape index (κ2) is 6.17. The molecule has 1 aliphatic rings. The van der Waals surface area contributed by atoms with Crippen LogP contribution in [0.1, 0.15) is 30.1 Å². The van der Waals surface area contributed by atoms with Crippen LogP contribution >= 0.6 is 0 Å². The average Bonchev–Trinajstić information content (AvgIpc) is 2.46. The molecule has 1 aromatic rings. The Morgan fingerprint density at radius 3 is 2.68 bits per heavy atom. The highest BCUT2D eigenvalue weighted by molar-refractivity contribution is 5.99. The van der Waals surface area contributed by atoms with Gasteiger partial charge in [0, 0.05) is 18.2 Å². The minimum atomic E-state index is -0.111. The fourth-order valence-corrected chi connectivity index (χ4v) is 2.55. The van der Waals surface area contributed by atoms with Crippen molar-refractivity contribution in [1.29, 1.82) is 0 Å². The van der Waals surface area contributed by atoms with Gasteiger partial charge >= 0.3 is 0 Å². The maximum absolute atomic E-state index is 12.4. The minimum absolute atomic E-state index is 0.111. The van der Waals surface area contributed by atoms with Gasteiger partial charge in [0.05, 0.1) is 13.2 Å². The van der Waals surface area contributed by atoms with Crippen molar-refractivity contribution in [2.75, 3.05) is 20.2 Å². The highest BCUT2D eigenvalue weighted by Crippen LogP contribution is 2.17. The first-order valence-corrected chi connectivity index (χ1v) is 6.79. The summed E-state index contributed by atoms with van der Waals surface area (Å²) in [5, 5.41) is 0. The minimum Gasteiger partial charge on any atom is -0.497 e.